The molecule has 0 bridgehead atoms. The molecule has 8 aromatic rings. The highest BCUT2D eigenvalue weighted by Gasteiger charge is 2.19. The molecular weight excluding hydrogens is 544 g/mol. The van der Waals surface area contributed by atoms with Gasteiger partial charge in [-0.3, -0.25) is 0 Å². The lowest BCUT2D eigenvalue weighted by Crippen LogP contribution is -2.02. The van der Waals surface area contributed by atoms with Crippen LogP contribution in [0.2, 0.25) is 0 Å². The molecule has 5 aromatic carbocycles. The highest BCUT2D eigenvalue weighted by atomic mass is 16.3. The number of fused-ring (bicyclic) bond motifs is 6. The Labute approximate surface area is 252 Å². The fraction of sp³-hybridized carbons (Fsp3) is 0.0263. The van der Waals surface area contributed by atoms with Crippen LogP contribution in [-0.4, -0.2) is 15.0 Å². The molecule has 8 rings (SSSR count). The van der Waals surface area contributed by atoms with Crippen molar-refractivity contribution >= 4 is 49.5 Å². The maximum atomic E-state index is 6.33. The number of hydrogen-bond acceptors (Lipinski definition) is 6. The van der Waals surface area contributed by atoms with Crippen molar-refractivity contribution in [1.29, 1.82) is 0 Å². The summed E-state index contributed by atoms with van der Waals surface area (Å²) >= 11 is 0. The predicted octanol–water partition coefficient (Wildman–Crippen LogP) is 9.33. The zero-order valence-corrected chi connectivity index (χ0v) is 23.7. The molecule has 0 aliphatic carbocycles. The SMILES string of the molecule is C=CC(=C)c1nc(-c2cccc(-c3cccc4c3oc3ccccc34)c2)nc(-c2cccc3oc4cccc(CN)c4c23)n1. The molecule has 0 spiro atoms. The highest BCUT2D eigenvalue weighted by molar-refractivity contribution is 6.13. The lowest BCUT2D eigenvalue weighted by molar-refractivity contribution is 0.668. The first-order valence-electron chi connectivity index (χ1n) is 14.4. The van der Waals surface area contributed by atoms with Gasteiger partial charge in [0.05, 0.1) is 0 Å². The van der Waals surface area contributed by atoms with Gasteiger partial charge in [-0.05, 0) is 35.4 Å². The summed E-state index contributed by atoms with van der Waals surface area (Å²) in [5, 5.41) is 4.05. The van der Waals surface area contributed by atoms with Gasteiger partial charge in [-0.25, -0.2) is 15.0 Å². The Hall–Kier alpha value is -5.85. The van der Waals surface area contributed by atoms with Gasteiger partial charge in [0, 0.05) is 50.4 Å². The second-order valence-electron chi connectivity index (χ2n) is 10.7. The summed E-state index contributed by atoms with van der Waals surface area (Å²) < 4.78 is 12.6. The van der Waals surface area contributed by atoms with Gasteiger partial charge in [0.1, 0.15) is 22.3 Å². The number of para-hydroxylation sites is 2. The molecule has 3 heterocycles. The average Bonchev–Trinajstić information content (AvgIpc) is 3.66. The van der Waals surface area contributed by atoms with Gasteiger partial charge >= 0.3 is 0 Å². The third kappa shape index (κ3) is 4.04. The van der Waals surface area contributed by atoms with E-state index in [9.17, 15) is 0 Å². The molecule has 0 atom stereocenters. The average molecular weight is 571 g/mol. The summed E-state index contributed by atoms with van der Waals surface area (Å²) in [4.78, 5) is 14.7. The van der Waals surface area contributed by atoms with Crippen LogP contribution in [-0.2, 0) is 6.54 Å². The zero-order chi connectivity index (χ0) is 29.8. The van der Waals surface area contributed by atoms with E-state index in [2.05, 4.69) is 49.6 Å². The van der Waals surface area contributed by atoms with Crippen molar-refractivity contribution in [3.8, 4) is 33.9 Å². The minimum absolute atomic E-state index is 0.381. The van der Waals surface area contributed by atoms with Gasteiger partial charge in [0.2, 0.25) is 0 Å². The van der Waals surface area contributed by atoms with E-state index >= 15 is 0 Å². The highest BCUT2D eigenvalue weighted by Crippen LogP contribution is 2.39. The summed E-state index contributed by atoms with van der Waals surface area (Å²) in [7, 11) is 0. The van der Waals surface area contributed by atoms with E-state index in [1.54, 1.807) is 6.08 Å². The molecule has 0 aliphatic heterocycles. The normalized spacial score (nSPS) is 11.6. The molecule has 0 fully saturated rings. The standard InChI is InChI=1S/C38H26N4O2/c1-3-22(2)36-40-37(42-38(41-36)29-16-9-19-32-34(29)33-25(21-39)12-7-18-31(33)43-32)24-11-6-10-23(20-24)26-14-8-15-28-27-13-4-5-17-30(27)44-35(26)28/h3-20H,1-2,21,39H2. The van der Waals surface area contributed by atoms with Gasteiger partial charge in [-0.2, -0.15) is 0 Å². The Morgan fingerprint density at radius 2 is 1.34 bits per heavy atom. The van der Waals surface area contributed by atoms with Crippen LogP contribution in [0.4, 0.5) is 0 Å². The van der Waals surface area contributed by atoms with Crippen LogP contribution < -0.4 is 5.73 Å². The van der Waals surface area contributed by atoms with Crippen LogP contribution in [0.3, 0.4) is 0 Å². The monoisotopic (exact) mass is 570 g/mol. The van der Waals surface area contributed by atoms with Crippen LogP contribution in [0.15, 0.2) is 131 Å². The molecule has 6 nitrogen and oxygen atoms in total. The molecule has 0 amide bonds. The Morgan fingerprint density at radius 1 is 0.659 bits per heavy atom. The molecule has 2 N–H and O–H groups in total. The maximum Gasteiger partial charge on any atom is 0.164 e. The molecule has 0 aliphatic rings. The second-order valence-corrected chi connectivity index (χ2v) is 10.7. The van der Waals surface area contributed by atoms with Crippen LogP contribution in [0.5, 0.6) is 0 Å². The van der Waals surface area contributed by atoms with E-state index in [4.69, 9.17) is 29.5 Å². The smallest absolute Gasteiger partial charge is 0.164 e. The number of hydrogen-bond donors (Lipinski definition) is 1. The number of allylic oxidation sites excluding steroid dienone is 2. The van der Waals surface area contributed by atoms with Crippen molar-refractivity contribution in [1.82, 2.24) is 15.0 Å². The van der Waals surface area contributed by atoms with Gasteiger partial charge in [0.25, 0.3) is 0 Å². The van der Waals surface area contributed by atoms with Crippen molar-refractivity contribution in [2.24, 2.45) is 5.73 Å². The van der Waals surface area contributed by atoms with E-state index in [0.717, 1.165) is 71.7 Å². The fourth-order valence-corrected chi connectivity index (χ4v) is 5.96. The molecule has 3 aromatic heterocycles. The summed E-state index contributed by atoms with van der Waals surface area (Å²) in [6, 6.07) is 34.3. The van der Waals surface area contributed by atoms with Crippen molar-refractivity contribution in [2.75, 3.05) is 0 Å². The van der Waals surface area contributed by atoms with E-state index in [1.165, 1.54) is 0 Å². The van der Waals surface area contributed by atoms with Gasteiger partial charge in [0.15, 0.2) is 17.5 Å². The zero-order valence-electron chi connectivity index (χ0n) is 23.7. The minimum Gasteiger partial charge on any atom is -0.456 e. The lowest BCUT2D eigenvalue weighted by Gasteiger charge is -2.10. The van der Waals surface area contributed by atoms with Crippen molar-refractivity contribution in [3.05, 3.63) is 134 Å². The maximum absolute atomic E-state index is 6.33. The quantitative estimate of drug-likeness (QED) is 0.200. The number of aromatic nitrogens is 3. The Morgan fingerprint density at radius 3 is 2.20 bits per heavy atom. The molecule has 6 heteroatoms. The lowest BCUT2D eigenvalue weighted by atomic mass is 10.00. The first-order chi connectivity index (χ1) is 21.6. The summed E-state index contributed by atoms with van der Waals surface area (Å²) in [6.07, 6.45) is 1.65. The van der Waals surface area contributed by atoms with Crippen LogP contribution in [0.1, 0.15) is 11.4 Å². The number of benzene rings is 5. The molecule has 44 heavy (non-hydrogen) atoms. The largest absolute Gasteiger partial charge is 0.456 e. The Bertz CT molecular complexity index is 2430. The predicted molar refractivity (Wildman–Crippen MR) is 178 cm³/mol. The number of nitrogens with zero attached hydrogens (tertiary/aromatic N) is 3. The van der Waals surface area contributed by atoms with Crippen LogP contribution in [0, 0.1) is 0 Å². The minimum atomic E-state index is 0.381. The number of rotatable bonds is 6. The van der Waals surface area contributed by atoms with Crippen LogP contribution in [0.25, 0.3) is 83.4 Å². The van der Waals surface area contributed by atoms with E-state index in [1.807, 2.05) is 66.7 Å². The third-order valence-corrected chi connectivity index (χ3v) is 8.07. The molecular formula is C38H26N4O2. The van der Waals surface area contributed by atoms with E-state index < -0.39 is 0 Å². The van der Waals surface area contributed by atoms with Crippen molar-refractivity contribution in [2.45, 2.75) is 6.54 Å². The van der Waals surface area contributed by atoms with Gasteiger partial charge < -0.3 is 14.6 Å². The number of nitrogens with two attached hydrogens (primary N) is 1. The van der Waals surface area contributed by atoms with Crippen molar-refractivity contribution < 1.29 is 8.83 Å². The van der Waals surface area contributed by atoms with Crippen LogP contribution >= 0.6 is 0 Å². The first-order valence-corrected chi connectivity index (χ1v) is 14.4. The fourth-order valence-electron chi connectivity index (χ4n) is 5.96. The topological polar surface area (TPSA) is 91.0 Å². The summed E-state index contributed by atoms with van der Waals surface area (Å²) in [6.45, 7) is 8.43. The molecule has 0 unspecified atom stereocenters. The Kier molecular flexibility index (Phi) is 5.96. The van der Waals surface area contributed by atoms with E-state index in [0.29, 0.717) is 29.6 Å². The molecule has 0 radical (unpaired) electrons. The first kappa shape index (κ1) is 25.8. The summed E-state index contributed by atoms with van der Waals surface area (Å²) in [5.74, 6) is 1.49. The molecule has 210 valence electrons. The second kappa shape index (κ2) is 10.2. The van der Waals surface area contributed by atoms with Gasteiger partial charge in [-0.15, -0.1) is 0 Å². The third-order valence-electron chi connectivity index (χ3n) is 8.07. The Balaban J connectivity index is 1.33. The number of furan rings is 2. The molecule has 0 saturated heterocycles. The van der Waals surface area contributed by atoms with E-state index in [-0.39, 0.29) is 0 Å². The summed E-state index contributed by atoms with van der Waals surface area (Å²) in [5.41, 5.74) is 14.6. The van der Waals surface area contributed by atoms with Gasteiger partial charge in [-0.1, -0.05) is 98.1 Å². The molecule has 0 saturated carbocycles. The van der Waals surface area contributed by atoms with Crippen molar-refractivity contribution in [3.63, 3.8) is 0 Å².